The summed E-state index contributed by atoms with van der Waals surface area (Å²) in [5, 5.41) is 0. The predicted octanol–water partition coefficient (Wildman–Crippen LogP) is 4.68. The molecule has 0 saturated heterocycles. The first-order valence-corrected chi connectivity index (χ1v) is 7.48. The topological polar surface area (TPSA) is 0 Å². The van der Waals surface area contributed by atoms with Gasteiger partial charge in [0.15, 0.2) is 0 Å². The highest BCUT2D eigenvalue weighted by Crippen LogP contribution is 2.25. The van der Waals surface area contributed by atoms with Crippen LogP contribution in [0, 0.1) is 13.8 Å². The highest BCUT2D eigenvalue weighted by molar-refractivity contribution is 7.36. The number of benzene rings is 2. The van der Waals surface area contributed by atoms with Crippen molar-refractivity contribution in [2.45, 2.75) is 26.2 Å². The SMILES string of the molecule is Cc1cccc(CPCc2ccccc2C)c1. The lowest BCUT2D eigenvalue weighted by Gasteiger charge is -2.06. The highest BCUT2D eigenvalue weighted by atomic mass is 31.1. The summed E-state index contributed by atoms with van der Waals surface area (Å²) in [6.07, 6.45) is 2.41. The highest BCUT2D eigenvalue weighted by Gasteiger charge is 1.98. The van der Waals surface area contributed by atoms with Crippen LogP contribution in [0.4, 0.5) is 0 Å². The van der Waals surface area contributed by atoms with Gasteiger partial charge in [-0.3, -0.25) is 0 Å². The fourth-order valence-electron chi connectivity index (χ4n) is 1.97. The van der Waals surface area contributed by atoms with Gasteiger partial charge in [-0.15, -0.1) is 8.58 Å². The minimum absolute atomic E-state index is 0.980. The summed E-state index contributed by atoms with van der Waals surface area (Å²) in [6, 6.07) is 17.5. The van der Waals surface area contributed by atoms with Gasteiger partial charge in [0, 0.05) is 0 Å². The summed E-state index contributed by atoms with van der Waals surface area (Å²) in [7, 11) is 0.980. The van der Waals surface area contributed by atoms with Crippen molar-refractivity contribution in [2.75, 3.05) is 0 Å². The zero-order valence-corrected chi connectivity index (χ0v) is 11.5. The molecule has 1 unspecified atom stereocenters. The number of rotatable bonds is 4. The molecule has 0 heterocycles. The summed E-state index contributed by atoms with van der Waals surface area (Å²) in [4.78, 5) is 0. The molecule has 0 aliphatic heterocycles. The first kappa shape index (κ1) is 12.3. The maximum atomic E-state index is 2.30. The lowest BCUT2D eigenvalue weighted by atomic mass is 10.1. The van der Waals surface area contributed by atoms with Crippen molar-refractivity contribution in [2.24, 2.45) is 0 Å². The van der Waals surface area contributed by atoms with Crippen molar-refractivity contribution in [1.29, 1.82) is 0 Å². The largest absolute Gasteiger partial charge is 0.113 e. The van der Waals surface area contributed by atoms with Crippen LogP contribution in [0.15, 0.2) is 48.5 Å². The van der Waals surface area contributed by atoms with E-state index < -0.39 is 0 Å². The van der Waals surface area contributed by atoms with E-state index in [0.29, 0.717) is 0 Å². The molecule has 2 aromatic rings. The monoisotopic (exact) mass is 242 g/mol. The summed E-state index contributed by atoms with van der Waals surface area (Å²) in [5.74, 6) is 0. The Kier molecular flexibility index (Phi) is 4.34. The third kappa shape index (κ3) is 3.68. The Labute approximate surface area is 106 Å². The molecule has 1 atom stereocenters. The molecule has 0 nitrogen and oxygen atoms in total. The molecular weight excluding hydrogens is 223 g/mol. The quantitative estimate of drug-likeness (QED) is 0.683. The molecule has 1 heteroatoms. The average molecular weight is 242 g/mol. The van der Waals surface area contributed by atoms with Gasteiger partial charge in [0.25, 0.3) is 0 Å². The molecule has 0 fully saturated rings. The lowest BCUT2D eigenvalue weighted by molar-refractivity contribution is 1.28. The molecule has 88 valence electrons. The Morgan fingerprint density at radius 1 is 0.882 bits per heavy atom. The Bertz CT molecular complexity index is 488. The van der Waals surface area contributed by atoms with Gasteiger partial charge < -0.3 is 0 Å². The fraction of sp³-hybridized carbons (Fsp3) is 0.250. The molecule has 0 saturated carbocycles. The standard InChI is InChI=1S/C16H19P/c1-13-6-5-8-15(10-13)11-17-12-16-9-4-3-7-14(16)2/h3-10,17H,11-12H2,1-2H3. The second kappa shape index (κ2) is 5.98. The molecule has 0 aliphatic rings. The second-order valence-corrected chi connectivity index (χ2v) is 5.73. The predicted molar refractivity (Wildman–Crippen MR) is 78.1 cm³/mol. The zero-order chi connectivity index (χ0) is 12.1. The third-order valence-corrected chi connectivity index (χ3v) is 4.28. The van der Waals surface area contributed by atoms with Crippen molar-refractivity contribution in [3.63, 3.8) is 0 Å². The van der Waals surface area contributed by atoms with E-state index in [-0.39, 0.29) is 0 Å². The van der Waals surface area contributed by atoms with Gasteiger partial charge >= 0.3 is 0 Å². The van der Waals surface area contributed by atoms with Gasteiger partial charge in [-0.25, -0.2) is 0 Å². The number of hydrogen-bond donors (Lipinski definition) is 0. The van der Waals surface area contributed by atoms with E-state index in [4.69, 9.17) is 0 Å². The number of aryl methyl sites for hydroxylation is 2. The molecule has 2 rings (SSSR count). The van der Waals surface area contributed by atoms with Crippen LogP contribution < -0.4 is 0 Å². The minimum atomic E-state index is 0.980. The van der Waals surface area contributed by atoms with E-state index in [2.05, 4.69) is 62.4 Å². The molecule has 2 aromatic carbocycles. The molecule has 0 amide bonds. The van der Waals surface area contributed by atoms with Gasteiger partial charge in [0.1, 0.15) is 0 Å². The van der Waals surface area contributed by atoms with Crippen LogP contribution in [-0.4, -0.2) is 0 Å². The van der Waals surface area contributed by atoms with Crippen LogP contribution in [0.3, 0.4) is 0 Å². The van der Waals surface area contributed by atoms with Crippen molar-refractivity contribution in [1.82, 2.24) is 0 Å². The molecule has 0 bridgehead atoms. The van der Waals surface area contributed by atoms with E-state index in [0.717, 1.165) is 8.58 Å². The Hall–Kier alpha value is -1.13. The average Bonchev–Trinajstić information content (AvgIpc) is 2.32. The Balaban J connectivity index is 1.90. The van der Waals surface area contributed by atoms with Crippen LogP contribution >= 0.6 is 8.58 Å². The summed E-state index contributed by atoms with van der Waals surface area (Å²) in [5.41, 5.74) is 5.75. The fourth-order valence-corrected chi connectivity index (χ4v) is 3.27. The van der Waals surface area contributed by atoms with Gasteiger partial charge in [0.05, 0.1) is 0 Å². The van der Waals surface area contributed by atoms with Crippen molar-refractivity contribution in [3.8, 4) is 0 Å². The second-order valence-electron chi connectivity index (χ2n) is 4.52. The van der Waals surface area contributed by atoms with Gasteiger partial charge in [-0.1, -0.05) is 54.1 Å². The molecule has 0 aliphatic carbocycles. The number of hydrogen-bond acceptors (Lipinski definition) is 0. The molecule has 17 heavy (non-hydrogen) atoms. The first-order chi connectivity index (χ1) is 8.25. The normalized spacial score (nSPS) is 11.2. The van der Waals surface area contributed by atoms with E-state index in [1.165, 1.54) is 34.6 Å². The maximum Gasteiger partial charge on any atom is -0.00950 e. The van der Waals surface area contributed by atoms with Crippen molar-refractivity contribution < 1.29 is 0 Å². The summed E-state index contributed by atoms with van der Waals surface area (Å²) in [6.45, 7) is 4.36. The maximum absolute atomic E-state index is 2.30. The Morgan fingerprint density at radius 2 is 1.71 bits per heavy atom. The van der Waals surface area contributed by atoms with Gasteiger partial charge in [-0.05, 0) is 42.9 Å². The zero-order valence-electron chi connectivity index (χ0n) is 10.5. The first-order valence-electron chi connectivity index (χ1n) is 6.06. The van der Waals surface area contributed by atoms with Crippen LogP contribution in [0.5, 0.6) is 0 Å². The van der Waals surface area contributed by atoms with Crippen LogP contribution in [0.2, 0.25) is 0 Å². The van der Waals surface area contributed by atoms with E-state index in [1.54, 1.807) is 0 Å². The molecular formula is C16H19P. The lowest BCUT2D eigenvalue weighted by Crippen LogP contribution is -1.85. The van der Waals surface area contributed by atoms with Gasteiger partial charge in [-0.2, -0.15) is 0 Å². The molecule has 0 spiro atoms. The van der Waals surface area contributed by atoms with Gasteiger partial charge in [0.2, 0.25) is 0 Å². The van der Waals surface area contributed by atoms with Crippen molar-refractivity contribution in [3.05, 3.63) is 70.8 Å². The van der Waals surface area contributed by atoms with Crippen molar-refractivity contribution >= 4 is 8.58 Å². The van der Waals surface area contributed by atoms with Crippen LogP contribution in [0.25, 0.3) is 0 Å². The van der Waals surface area contributed by atoms with E-state index >= 15 is 0 Å². The van der Waals surface area contributed by atoms with Crippen LogP contribution in [-0.2, 0) is 12.3 Å². The third-order valence-electron chi connectivity index (χ3n) is 2.99. The Morgan fingerprint density at radius 3 is 2.47 bits per heavy atom. The minimum Gasteiger partial charge on any atom is -0.113 e. The summed E-state index contributed by atoms with van der Waals surface area (Å²) < 4.78 is 0. The smallest absolute Gasteiger partial charge is 0.00950 e. The van der Waals surface area contributed by atoms with E-state index in [1.807, 2.05) is 0 Å². The van der Waals surface area contributed by atoms with E-state index in [9.17, 15) is 0 Å². The van der Waals surface area contributed by atoms with Crippen LogP contribution in [0.1, 0.15) is 22.3 Å². The molecule has 0 N–H and O–H groups in total. The summed E-state index contributed by atoms with van der Waals surface area (Å²) >= 11 is 0. The molecule has 0 aromatic heterocycles. The molecule has 0 radical (unpaired) electrons.